The second kappa shape index (κ2) is 6.15. The van der Waals surface area contributed by atoms with Gasteiger partial charge < -0.3 is 9.32 Å². The third-order valence-electron chi connectivity index (χ3n) is 3.63. The van der Waals surface area contributed by atoms with Gasteiger partial charge in [-0.1, -0.05) is 18.2 Å². The first-order chi connectivity index (χ1) is 10.6. The highest BCUT2D eigenvalue weighted by atomic mass is 32.1. The van der Waals surface area contributed by atoms with E-state index in [4.69, 9.17) is 4.42 Å². The number of fused-ring (bicyclic) bond motifs is 1. The quantitative estimate of drug-likeness (QED) is 0.681. The monoisotopic (exact) mass is 312 g/mol. The van der Waals surface area contributed by atoms with Crippen LogP contribution in [0.25, 0.3) is 17.0 Å². The van der Waals surface area contributed by atoms with Gasteiger partial charge >= 0.3 is 0 Å². The Kier molecular flexibility index (Phi) is 4.06. The molecule has 0 saturated carbocycles. The SMILES string of the molecule is C[C@H](c1cc2ccccc2o1)N(C)C(=O)/C=C/c1cscn1. The highest BCUT2D eigenvalue weighted by Crippen LogP contribution is 2.26. The van der Waals surface area contributed by atoms with Crippen LogP contribution in [-0.2, 0) is 4.79 Å². The Morgan fingerprint density at radius 1 is 1.41 bits per heavy atom. The molecule has 3 aromatic rings. The lowest BCUT2D eigenvalue weighted by atomic mass is 10.2. The minimum Gasteiger partial charge on any atom is -0.459 e. The topological polar surface area (TPSA) is 46.3 Å². The van der Waals surface area contributed by atoms with Crippen LogP contribution in [0.3, 0.4) is 0 Å². The number of hydrogen-bond acceptors (Lipinski definition) is 4. The van der Waals surface area contributed by atoms with Crippen molar-refractivity contribution < 1.29 is 9.21 Å². The molecule has 0 spiro atoms. The maximum Gasteiger partial charge on any atom is 0.246 e. The lowest BCUT2D eigenvalue weighted by Crippen LogP contribution is -2.27. The van der Waals surface area contributed by atoms with Crippen molar-refractivity contribution >= 4 is 34.3 Å². The molecule has 1 aromatic carbocycles. The number of thiazole rings is 1. The highest BCUT2D eigenvalue weighted by molar-refractivity contribution is 7.07. The van der Waals surface area contributed by atoms with E-state index in [0.717, 1.165) is 22.4 Å². The van der Waals surface area contributed by atoms with Crippen LogP contribution in [0, 0.1) is 0 Å². The van der Waals surface area contributed by atoms with Crippen molar-refractivity contribution in [2.45, 2.75) is 13.0 Å². The van der Waals surface area contributed by atoms with Gasteiger partial charge in [0.25, 0.3) is 0 Å². The fourth-order valence-electron chi connectivity index (χ4n) is 2.17. The second-order valence-corrected chi connectivity index (χ2v) is 5.78. The summed E-state index contributed by atoms with van der Waals surface area (Å²) in [7, 11) is 1.77. The molecule has 0 unspecified atom stereocenters. The molecule has 3 rings (SSSR count). The summed E-state index contributed by atoms with van der Waals surface area (Å²) in [6.45, 7) is 1.95. The Bertz CT molecular complexity index is 772. The fourth-order valence-corrected chi connectivity index (χ4v) is 2.69. The smallest absolute Gasteiger partial charge is 0.246 e. The molecule has 112 valence electrons. The van der Waals surface area contributed by atoms with Crippen molar-refractivity contribution in [3.05, 3.63) is 58.8 Å². The van der Waals surface area contributed by atoms with Gasteiger partial charge in [0.15, 0.2) is 0 Å². The zero-order valence-electron chi connectivity index (χ0n) is 12.4. The molecular weight excluding hydrogens is 296 g/mol. The van der Waals surface area contributed by atoms with Crippen molar-refractivity contribution in [3.63, 3.8) is 0 Å². The van der Waals surface area contributed by atoms with Gasteiger partial charge in [0, 0.05) is 23.9 Å². The summed E-state index contributed by atoms with van der Waals surface area (Å²) >= 11 is 1.50. The van der Waals surface area contributed by atoms with Crippen molar-refractivity contribution in [1.29, 1.82) is 0 Å². The molecule has 0 radical (unpaired) electrons. The van der Waals surface area contributed by atoms with E-state index in [0.29, 0.717) is 0 Å². The molecule has 0 saturated heterocycles. The van der Waals surface area contributed by atoms with E-state index in [1.165, 1.54) is 17.4 Å². The Labute approximate surface area is 132 Å². The van der Waals surface area contributed by atoms with Crippen LogP contribution in [0.1, 0.15) is 24.4 Å². The second-order valence-electron chi connectivity index (χ2n) is 5.06. The first-order valence-corrected chi connectivity index (χ1v) is 7.91. The number of aromatic nitrogens is 1. The van der Waals surface area contributed by atoms with Crippen molar-refractivity contribution in [2.75, 3.05) is 7.05 Å². The number of nitrogens with zero attached hydrogens (tertiary/aromatic N) is 2. The maximum absolute atomic E-state index is 12.2. The molecule has 22 heavy (non-hydrogen) atoms. The summed E-state index contributed by atoms with van der Waals surface area (Å²) < 4.78 is 5.82. The molecule has 0 N–H and O–H groups in total. The third-order valence-corrected chi connectivity index (χ3v) is 4.24. The molecule has 1 amide bonds. The number of para-hydroxylation sites is 1. The van der Waals surface area contributed by atoms with E-state index in [9.17, 15) is 4.79 Å². The summed E-state index contributed by atoms with van der Waals surface area (Å²) in [4.78, 5) is 18.0. The normalized spacial score (nSPS) is 12.8. The van der Waals surface area contributed by atoms with Gasteiger partial charge in [-0.05, 0) is 25.1 Å². The van der Waals surface area contributed by atoms with Crippen LogP contribution in [0.15, 0.2) is 51.7 Å². The van der Waals surface area contributed by atoms with Gasteiger partial charge in [-0.25, -0.2) is 4.98 Å². The number of rotatable bonds is 4. The molecular formula is C17H16N2O2S. The largest absolute Gasteiger partial charge is 0.459 e. The molecule has 0 aliphatic heterocycles. The van der Waals surface area contributed by atoms with Crippen LogP contribution in [0.5, 0.6) is 0 Å². The van der Waals surface area contributed by atoms with Crippen LogP contribution >= 0.6 is 11.3 Å². The molecule has 0 bridgehead atoms. The standard InChI is InChI=1S/C17H16N2O2S/c1-12(16-9-13-5-3-4-6-15(13)21-16)19(2)17(20)8-7-14-10-22-11-18-14/h3-12H,1-2H3/b8-7+/t12-/m1/s1. The number of carbonyl (C=O) groups is 1. The van der Waals surface area contributed by atoms with E-state index in [1.54, 1.807) is 23.5 Å². The minimum absolute atomic E-state index is 0.0824. The Hall–Kier alpha value is -2.40. The molecule has 0 aliphatic rings. The van der Waals surface area contributed by atoms with E-state index in [2.05, 4.69) is 4.98 Å². The van der Waals surface area contributed by atoms with Gasteiger partial charge in [-0.3, -0.25) is 4.79 Å². The first kappa shape index (κ1) is 14.5. The van der Waals surface area contributed by atoms with E-state index < -0.39 is 0 Å². The summed E-state index contributed by atoms with van der Waals surface area (Å²) in [6, 6.07) is 9.67. The Balaban J connectivity index is 1.75. The summed E-state index contributed by atoms with van der Waals surface area (Å²) in [6.07, 6.45) is 3.26. The van der Waals surface area contributed by atoms with Crippen molar-refractivity contribution in [2.24, 2.45) is 0 Å². The number of furan rings is 1. The van der Waals surface area contributed by atoms with Crippen LogP contribution in [-0.4, -0.2) is 22.8 Å². The van der Waals surface area contributed by atoms with Gasteiger partial charge in [0.2, 0.25) is 5.91 Å². The predicted octanol–water partition coefficient (Wildman–Crippen LogP) is 4.12. The third kappa shape index (κ3) is 2.94. The Morgan fingerprint density at radius 3 is 2.95 bits per heavy atom. The average Bonchev–Trinajstić information content (AvgIpc) is 3.19. The summed E-state index contributed by atoms with van der Waals surface area (Å²) in [5, 5.41) is 2.94. The van der Waals surface area contributed by atoms with Crippen molar-refractivity contribution in [1.82, 2.24) is 9.88 Å². The van der Waals surface area contributed by atoms with Gasteiger partial charge in [-0.2, -0.15) is 0 Å². The number of hydrogen-bond donors (Lipinski definition) is 0. The van der Waals surface area contributed by atoms with Gasteiger partial charge in [0.1, 0.15) is 11.3 Å². The van der Waals surface area contributed by atoms with Crippen molar-refractivity contribution in [3.8, 4) is 0 Å². The van der Waals surface area contributed by atoms with E-state index >= 15 is 0 Å². The van der Waals surface area contributed by atoms with Gasteiger partial charge in [-0.15, -0.1) is 11.3 Å². The fraction of sp³-hybridized carbons (Fsp3) is 0.176. The molecule has 1 atom stereocenters. The predicted molar refractivity (Wildman–Crippen MR) is 88.5 cm³/mol. The van der Waals surface area contributed by atoms with Crippen LogP contribution in [0.2, 0.25) is 0 Å². The summed E-state index contributed by atoms with van der Waals surface area (Å²) in [5.41, 5.74) is 3.37. The lowest BCUT2D eigenvalue weighted by molar-refractivity contribution is -0.126. The zero-order chi connectivity index (χ0) is 15.5. The number of carbonyl (C=O) groups excluding carboxylic acids is 1. The number of benzene rings is 1. The van der Waals surface area contributed by atoms with E-state index in [-0.39, 0.29) is 11.9 Å². The molecule has 2 aromatic heterocycles. The molecule has 5 heteroatoms. The van der Waals surface area contributed by atoms with Crippen LogP contribution < -0.4 is 0 Å². The average molecular weight is 312 g/mol. The maximum atomic E-state index is 12.2. The molecule has 0 fully saturated rings. The minimum atomic E-state index is -0.139. The van der Waals surface area contributed by atoms with E-state index in [1.807, 2.05) is 42.6 Å². The highest BCUT2D eigenvalue weighted by Gasteiger charge is 2.19. The number of amides is 1. The zero-order valence-corrected chi connectivity index (χ0v) is 13.2. The first-order valence-electron chi connectivity index (χ1n) is 6.96. The Morgan fingerprint density at radius 2 is 2.23 bits per heavy atom. The molecule has 2 heterocycles. The number of likely N-dealkylation sites (N-methyl/N-ethyl adjacent to an activating group) is 1. The summed E-state index contributed by atoms with van der Waals surface area (Å²) in [5.74, 6) is 0.695. The molecule has 0 aliphatic carbocycles. The van der Waals surface area contributed by atoms with Gasteiger partial charge in [0.05, 0.1) is 17.2 Å². The van der Waals surface area contributed by atoms with Crippen LogP contribution in [0.4, 0.5) is 0 Å². The lowest BCUT2D eigenvalue weighted by Gasteiger charge is -2.21. The molecule has 4 nitrogen and oxygen atoms in total.